The highest BCUT2D eigenvalue weighted by Gasteiger charge is 2.24. The van der Waals surface area contributed by atoms with Crippen LogP contribution in [0.25, 0.3) is 11.0 Å². The molecule has 0 radical (unpaired) electrons. The molecule has 1 fully saturated rings. The molecule has 2 heterocycles. The van der Waals surface area contributed by atoms with Crippen LogP contribution in [0.5, 0.6) is 0 Å². The van der Waals surface area contributed by atoms with Crippen LogP contribution < -0.4 is 4.72 Å². The van der Waals surface area contributed by atoms with Crippen molar-refractivity contribution in [1.82, 2.24) is 19.0 Å². The molecular weight excluding hydrogens is 276 g/mol. The van der Waals surface area contributed by atoms with Gasteiger partial charge in [0.05, 0.1) is 11.0 Å². The van der Waals surface area contributed by atoms with Crippen LogP contribution in [0.2, 0.25) is 0 Å². The number of hydrogen-bond acceptors (Lipinski definition) is 3. The molecular formula is C13H18N4O2S. The third-order valence-electron chi connectivity index (χ3n) is 3.49. The van der Waals surface area contributed by atoms with Crippen LogP contribution in [0.3, 0.4) is 0 Å². The number of imidazole rings is 1. The Morgan fingerprint density at radius 3 is 2.75 bits per heavy atom. The van der Waals surface area contributed by atoms with E-state index in [1.807, 2.05) is 24.3 Å². The van der Waals surface area contributed by atoms with E-state index in [2.05, 4.69) is 14.7 Å². The molecule has 0 spiro atoms. The lowest BCUT2D eigenvalue weighted by Gasteiger charge is -2.15. The lowest BCUT2D eigenvalue weighted by Crippen LogP contribution is -2.39. The smallest absolute Gasteiger partial charge is 0.279 e. The summed E-state index contributed by atoms with van der Waals surface area (Å²) in [4.78, 5) is 7.62. The zero-order chi connectivity index (χ0) is 14.0. The minimum atomic E-state index is -3.32. The van der Waals surface area contributed by atoms with E-state index in [0.29, 0.717) is 26.1 Å². The Kier molecular flexibility index (Phi) is 3.73. The second-order valence-electron chi connectivity index (χ2n) is 4.96. The summed E-state index contributed by atoms with van der Waals surface area (Å²) in [5.41, 5.74) is 1.88. The Bertz CT molecular complexity index is 656. The standard InChI is InChI=1S/C13H18N4O2S/c18-20(19,17-9-3-4-10-17)14-8-7-13-15-11-5-1-2-6-12(11)16-13/h1-2,5-6,14H,3-4,7-10H2,(H,15,16). The zero-order valence-corrected chi connectivity index (χ0v) is 12.0. The van der Waals surface area contributed by atoms with Crippen molar-refractivity contribution in [3.8, 4) is 0 Å². The Labute approximate surface area is 118 Å². The van der Waals surface area contributed by atoms with E-state index in [1.165, 1.54) is 4.31 Å². The first-order chi connectivity index (χ1) is 9.65. The van der Waals surface area contributed by atoms with E-state index >= 15 is 0 Å². The minimum Gasteiger partial charge on any atom is -0.342 e. The van der Waals surface area contributed by atoms with Gasteiger partial charge in [0.1, 0.15) is 5.82 Å². The van der Waals surface area contributed by atoms with Crippen molar-refractivity contribution in [3.05, 3.63) is 30.1 Å². The first-order valence-electron chi connectivity index (χ1n) is 6.83. The molecule has 1 saturated heterocycles. The number of hydrogen-bond donors (Lipinski definition) is 2. The van der Waals surface area contributed by atoms with E-state index < -0.39 is 10.2 Å². The fraction of sp³-hybridized carbons (Fsp3) is 0.462. The first-order valence-corrected chi connectivity index (χ1v) is 8.27. The number of nitrogens with zero attached hydrogens (tertiary/aromatic N) is 2. The number of nitrogens with one attached hydrogen (secondary N) is 2. The van der Waals surface area contributed by atoms with Gasteiger partial charge in [0.2, 0.25) is 0 Å². The number of benzene rings is 1. The van der Waals surface area contributed by atoms with E-state index in [4.69, 9.17) is 0 Å². The molecule has 20 heavy (non-hydrogen) atoms. The summed E-state index contributed by atoms with van der Waals surface area (Å²) in [7, 11) is -3.32. The molecule has 2 N–H and O–H groups in total. The van der Waals surface area contributed by atoms with Gasteiger partial charge in [-0.1, -0.05) is 12.1 Å². The van der Waals surface area contributed by atoms with Crippen LogP contribution in [0.4, 0.5) is 0 Å². The van der Waals surface area contributed by atoms with Crippen molar-refractivity contribution < 1.29 is 8.42 Å². The van der Waals surface area contributed by atoms with Crippen molar-refractivity contribution in [2.24, 2.45) is 0 Å². The van der Waals surface area contributed by atoms with Gasteiger partial charge in [-0.05, 0) is 25.0 Å². The second kappa shape index (κ2) is 5.51. The van der Waals surface area contributed by atoms with Gasteiger partial charge in [0.15, 0.2) is 0 Å². The average Bonchev–Trinajstić information content (AvgIpc) is 3.07. The van der Waals surface area contributed by atoms with Crippen LogP contribution in [-0.2, 0) is 16.6 Å². The number of para-hydroxylation sites is 2. The molecule has 0 bridgehead atoms. The van der Waals surface area contributed by atoms with Gasteiger partial charge in [-0.3, -0.25) is 0 Å². The minimum absolute atomic E-state index is 0.360. The number of aromatic amines is 1. The highest BCUT2D eigenvalue weighted by Crippen LogP contribution is 2.12. The van der Waals surface area contributed by atoms with Gasteiger partial charge in [0.25, 0.3) is 10.2 Å². The van der Waals surface area contributed by atoms with Crippen molar-refractivity contribution >= 4 is 21.2 Å². The number of fused-ring (bicyclic) bond motifs is 1. The zero-order valence-electron chi connectivity index (χ0n) is 11.2. The van der Waals surface area contributed by atoms with Gasteiger partial charge in [-0.2, -0.15) is 12.7 Å². The lowest BCUT2D eigenvalue weighted by atomic mass is 10.3. The van der Waals surface area contributed by atoms with Crippen LogP contribution in [0.15, 0.2) is 24.3 Å². The van der Waals surface area contributed by atoms with E-state index in [9.17, 15) is 8.42 Å². The average molecular weight is 294 g/mol. The predicted octanol–water partition coefficient (Wildman–Crippen LogP) is 1.04. The number of rotatable bonds is 5. The number of H-pyrrole nitrogens is 1. The largest absolute Gasteiger partial charge is 0.342 e. The fourth-order valence-corrected chi connectivity index (χ4v) is 3.72. The molecule has 7 heteroatoms. The third-order valence-corrected chi connectivity index (χ3v) is 5.10. The summed E-state index contributed by atoms with van der Waals surface area (Å²) in [6.07, 6.45) is 2.46. The molecule has 108 valence electrons. The SMILES string of the molecule is O=S(=O)(NCCc1nc2ccccc2[nH]1)N1CCCC1. The van der Waals surface area contributed by atoms with Crippen LogP contribution >= 0.6 is 0 Å². The molecule has 0 atom stereocenters. The van der Waals surface area contributed by atoms with Crippen molar-refractivity contribution in [1.29, 1.82) is 0 Å². The third kappa shape index (κ3) is 2.84. The number of aromatic nitrogens is 2. The predicted molar refractivity (Wildman–Crippen MR) is 77.5 cm³/mol. The van der Waals surface area contributed by atoms with Crippen molar-refractivity contribution in [2.45, 2.75) is 19.3 Å². The molecule has 1 aromatic heterocycles. The molecule has 2 aromatic rings. The maximum Gasteiger partial charge on any atom is 0.279 e. The molecule has 0 aliphatic carbocycles. The first kappa shape index (κ1) is 13.5. The lowest BCUT2D eigenvalue weighted by molar-refractivity contribution is 0.465. The highest BCUT2D eigenvalue weighted by molar-refractivity contribution is 7.87. The van der Waals surface area contributed by atoms with Crippen LogP contribution in [0, 0.1) is 0 Å². The van der Waals surface area contributed by atoms with Crippen LogP contribution in [0.1, 0.15) is 18.7 Å². The van der Waals surface area contributed by atoms with E-state index in [-0.39, 0.29) is 0 Å². The van der Waals surface area contributed by atoms with Crippen molar-refractivity contribution in [2.75, 3.05) is 19.6 Å². The Hall–Kier alpha value is -1.44. The summed E-state index contributed by atoms with van der Waals surface area (Å²) in [6.45, 7) is 1.61. The molecule has 0 amide bonds. The molecule has 0 saturated carbocycles. The maximum atomic E-state index is 12.0. The van der Waals surface area contributed by atoms with E-state index in [1.54, 1.807) is 0 Å². The monoisotopic (exact) mass is 294 g/mol. The Morgan fingerprint density at radius 2 is 2.00 bits per heavy atom. The normalized spacial score (nSPS) is 17.0. The highest BCUT2D eigenvalue weighted by atomic mass is 32.2. The van der Waals surface area contributed by atoms with Crippen LogP contribution in [-0.4, -0.2) is 42.3 Å². The molecule has 0 unspecified atom stereocenters. The topological polar surface area (TPSA) is 78.1 Å². The van der Waals surface area contributed by atoms with E-state index in [0.717, 1.165) is 29.7 Å². The van der Waals surface area contributed by atoms with Gasteiger partial charge >= 0.3 is 0 Å². The summed E-state index contributed by atoms with van der Waals surface area (Å²) in [5.74, 6) is 0.801. The van der Waals surface area contributed by atoms with Crippen molar-refractivity contribution in [3.63, 3.8) is 0 Å². The van der Waals surface area contributed by atoms with Gasteiger partial charge in [0, 0.05) is 26.1 Å². The summed E-state index contributed by atoms with van der Waals surface area (Å²) < 4.78 is 28.1. The Balaban J connectivity index is 1.59. The molecule has 1 aromatic carbocycles. The molecule has 1 aliphatic heterocycles. The fourth-order valence-electron chi connectivity index (χ4n) is 2.44. The van der Waals surface area contributed by atoms with Gasteiger partial charge in [-0.25, -0.2) is 9.71 Å². The summed E-state index contributed by atoms with van der Waals surface area (Å²) in [5, 5.41) is 0. The quantitative estimate of drug-likeness (QED) is 0.864. The summed E-state index contributed by atoms with van der Waals surface area (Å²) in [6, 6.07) is 7.77. The molecule has 1 aliphatic rings. The van der Waals surface area contributed by atoms with Gasteiger partial charge in [-0.15, -0.1) is 0 Å². The summed E-state index contributed by atoms with van der Waals surface area (Å²) >= 11 is 0. The van der Waals surface area contributed by atoms with Gasteiger partial charge < -0.3 is 4.98 Å². The Morgan fingerprint density at radius 1 is 1.25 bits per heavy atom. The molecule has 3 rings (SSSR count). The second-order valence-corrected chi connectivity index (χ2v) is 6.71. The maximum absolute atomic E-state index is 12.0. The molecule has 6 nitrogen and oxygen atoms in total.